The van der Waals surface area contributed by atoms with Gasteiger partial charge in [-0.25, -0.2) is 4.79 Å². The van der Waals surface area contributed by atoms with E-state index >= 15 is 0 Å². The summed E-state index contributed by atoms with van der Waals surface area (Å²) in [6, 6.07) is 0. The van der Waals surface area contributed by atoms with Crippen LogP contribution in [0.4, 0.5) is 4.79 Å². The van der Waals surface area contributed by atoms with Gasteiger partial charge in [-0.05, 0) is 33.7 Å². The molecule has 7 nitrogen and oxygen atoms in total. The summed E-state index contributed by atoms with van der Waals surface area (Å²) in [6.45, 7) is 9.08. The Morgan fingerprint density at radius 1 is 1.27 bits per heavy atom. The minimum Gasteiger partial charge on any atom is -0.481 e. The molecule has 2 N–H and O–H groups in total. The molecule has 22 heavy (non-hydrogen) atoms. The summed E-state index contributed by atoms with van der Waals surface area (Å²) in [7, 11) is 0. The van der Waals surface area contributed by atoms with Crippen LogP contribution in [-0.2, 0) is 9.53 Å². The average Bonchev–Trinajstić information content (AvgIpc) is 2.30. The molecule has 0 aromatic carbocycles. The third kappa shape index (κ3) is 4.84. The van der Waals surface area contributed by atoms with Gasteiger partial charge < -0.3 is 19.8 Å². The second-order valence-electron chi connectivity index (χ2n) is 6.84. The molecule has 0 aromatic heterocycles. The summed E-state index contributed by atoms with van der Waals surface area (Å²) >= 11 is 0. The van der Waals surface area contributed by atoms with E-state index in [1.807, 2.05) is 11.8 Å². The lowest BCUT2D eigenvalue weighted by Crippen LogP contribution is -2.72. The number of nitrogens with zero attached hydrogens (tertiary/aromatic N) is 2. The molecule has 1 saturated heterocycles. The monoisotopic (exact) mass is 316 g/mol. The fourth-order valence-electron chi connectivity index (χ4n) is 2.80. The minimum absolute atomic E-state index is 0.0339. The van der Waals surface area contributed by atoms with E-state index in [2.05, 4.69) is 0 Å². The lowest BCUT2D eigenvalue weighted by molar-refractivity contribution is -0.146. The zero-order chi connectivity index (χ0) is 17.0. The zero-order valence-electron chi connectivity index (χ0n) is 14.0. The maximum Gasteiger partial charge on any atom is 0.410 e. The Labute approximate surface area is 131 Å². The summed E-state index contributed by atoms with van der Waals surface area (Å²) in [4.78, 5) is 26.7. The molecular formula is C15H28N2O5. The van der Waals surface area contributed by atoms with Gasteiger partial charge in [0.1, 0.15) is 5.60 Å². The summed E-state index contributed by atoms with van der Waals surface area (Å²) in [6.07, 6.45) is 0.383. The molecule has 1 heterocycles. The highest BCUT2D eigenvalue weighted by atomic mass is 16.6. The summed E-state index contributed by atoms with van der Waals surface area (Å²) in [5.74, 6) is -0.900. The van der Waals surface area contributed by atoms with E-state index in [4.69, 9.17) is 4.74 Å². The van der Waals surface area contributed by atoms with Crippen LogP contribution in [0.5, 0.6) is 0 Å². The van der Waals surface area contributed by atoms with Crippen LogP contribution in [-0.4, -0.2) is 76.0 Å². The number of carbonyl (C=O) groups excluding carboxylic acids is 1. The van der Waals surface area contributed by atoms with Gasteiger partial charge in [0, 0.05) is 19.6 Å². The number of aliphatic hydroxyl groups is 1. The highest BCUT2D eigenvalue weighted by molar-refractivity contribution is 5.73. The van der Waals surface area contributed by atoms with Crippen molar-refractivity contribution >= 4 is 12.1 Å². The maximum atomic E-state index is 12.0. The van der Waals surface area contributed by atoms with Crippen molar-refractivity contribution in [2.24, 2.45) is 0 Å². The number of hydrogen-bond donors (Lipinski definition) is 2. The van der Waals surface area contributed by atoms with Crippen molar-refractivity contribution in [1.29, 1.82) is 0 Å². The fourth-order valence-corrected chi connectivity index (χ4v) is 2.80. The molecule has 0 bridgehead atoms. The number of aliphatic carboxylic acids is 1. The quantitative estimate of drug-likeness (QED) is 0.732. The largest absolute Gasteiger partial charge is 0.481 e. The van der Waals surface area contributed by atoms with Gasteiger partial charge in [-0.3, -0.25) is 9.69 Å². The number of β-amino-alcohol motifs (C(OH)–C–C–N with tert-alkyl or cyclic N) is 1. The van der Waals surface area contributed by atoms with Crippen molar-refractivity contribution in [2.45, 2.75) is 51.7 Å². The molecule has 1 fully saturated rings. The number of aliphatic hydroxyl groups excluding tert-OH is 1. The lowest BCUT2D eigenvalue weighted by atomic mass is 9.84. The molecule has 0 unspecified atom stereocenters. The van der Waals surface area contributed by atoms with E-state index in [1.165, 1.54) is 4.90 Å². The molecule has 1 amide bonds. The first kappa shape index (κ1) is 18.7. The molecule has 0 spiro atoms. The van der Waals surface area contributed by atoms with E-state index in [0.29, 0.717) is 26.2 Å². The standard InChI is InChI=1S/C15H28N2O5/c1-5-6-17(7-8-18)15(9-12(19)20)10-16(11-15)13(21)22-14(2,3)4/h18H,5-11H2,1-4H3,(H,19,20). The average molecular weight is 316 g/mol. The number of likely N-dealkylation sites (tertiary alicyclic amines) is 1. The smallest absolute Gasteiger partial charge is 0.410 e. The zero-order valence-corrected chi connectivity index (χ0v) is 14.0. The minimum atomic E-state index is -0.900. The van der Waals surface area contributed by atoms with Crippen LogP contribution in [0.2, 0.25) is 0 Å². The number of carboxylic acid groups (broad SMARTS) is 1. The SMILES string of the molecule is CCCN(CCO)C1(CC(=O)O)CN(C(=O)OC(C)(C)C)C1. The molecule has 0 atom stereocenters. The first-order chi connectivity index (χ1) is 10.1. The Bertz CT molecular complexity index is 393. The maximum absolute atomic E-state index is 12.0. The predicted molar refractivity (Wildman–Crippen MR) is 81.7 cm³/mol. The van der Waals surface area contributed by atoms with Crippen molar-refractivity contribution in [3.05, 3.63) is 0 Å². The van der Waals surface area contributed by atoms with E-state index < -0.39 is 23.2 Å². The van der Waals surface area contributed by atoms with E-state index in [0.717, 1.165) is 6.42 Å². The Morgan fingerprint density at radius 3 is 2.27 bits per heavy atom. The van der Waals surface area contributed by atoms with Crippen LogP contribution in [0.3, 0.4) is 0 Å². The summed E-state index contributed by atoms with van der Waals surface area (Å²) in [5.41, 5.74) is -1.18. The third-order valence-electron chi connectivity index (χ3n) is 3.64. The van der Waals surface area contributed by atoms with E-state index in [9.17, 15) is 19.8 Å². The van der Waals surface area contributed by atoms with Crippen molar-refractivity contribution in [3.8, 4) is 0 Å². The summed E-state index contributed by atoms with van der Waals surface area (Å²) in [5, 5.41) is 18.4. The Morgan fingerprint density at radius 2 is 1.86 bits per heavy atom. The normalized spacial score (nSPS) is 17.3. The molecule has 7 heteroatoms. The van der Waals surface area contributed by atoms with E-state index in [-0.39, 0.29) is 13.0 Å². The number of rotatable bonds is 7. The van der Waals surface area contributed by atoms with Crippen LogP contribution < -0.4 is 0 Å². The van der Waals surface area contributed by atoms with Crippen molar-refractivity contribution in [1.82, 2.24) is 9.80 Å². The Kier molecular flexibility index (Phi) is 6.19. The first-order valence-corrected chi connectivity index (χ1v) is 7.69. The second kappa shape index (κ2) is 7.28. The molecule has 128 valence electrons. The van der Waals surface area contributed by atoms with Gasteiger partial charge in [-0.1, -0.05) is 6.92 Å². The summed E-state index contributed by atoms with van der Waals surface area (Å²) < 4.78 is 5.31. The van der Waals surface area contributed by atoms with Crippen molar-refractivity contribution in [3.63, 3.8) is 0 Å². The molecule has 1 rings (SSSR count). The van der Waals surface area contributed by atoms with E-state index in [1.54, 1.807) is 20.8 Å². The molecule has 1 aliphatic heterocycles. The Hall–Kier alpha value is -1.34. The van der Waals surface area contributed by atoms with Crippen LogP contribution in [0, 0.1) is 0 Å². The van der Waals surface area contributed by atoms with Crippen molar-refractivity contribution < 1.29 is 24.5 Å². The van der Waals surface area contributed by atoms with Gasteiger partial charge in [0.15, 0.2) is 0 Å². The highest BCUT2D eigenvalue weighted by Crippen LogP contribution is 2.32. The van der Waals surface area contributed by atoms with Gasteiger partial charge in [-0.15, -0.1) is 0 Å². The van der Waals surface area contributed by atoms with Crippen molar-refractivity contribution in [2.75, 3.05) is 32.8 Å². The topological polar surface area (TPSA) is 90.3 Å². The van der Waals surface area contributed by atoms with Gasteiger partial charge in [0.05, 0.1) is 18.6 Å². The highest BCUT2D eigenvalue weighted by Gasteiger charge is 2.51. The number of carbonyl (C=O) groups is 2. The van der Waals surface area contributed by atoms with Gasteiger partial charge in [0.25, 0.3) is 0 Å². The second-order valence-corrected chi connectivity index (χ2v) is 6.84. The fraction of sp³-hybridized carbons (Fsp3) is 0.867. The third-order valence-corrected chi connectivity index (χ3v) is 3.64. The Balaban J connectivity index is 2.77. The van der Waals surface area contributed by atoms with Gasteiger partial charge in [-0.2, -0.15) is 0 Å². The van der Waals surface area contributed by atoms with Crippen LogP contribution in [0.1, 0.15) is 40.5 Å². The number of carboxylic acids is 1. The molecular weight excluding hydrogens is 288 g/mol. The first-order valence-electron chi connectivity index (χ1n) is 7.69. The molecule has 1 aliphatic rings. The predicted octanol–water partition coefficient (Wildman–Crippen LogP) is 1.15. The van der Waals surface area contributed by atoms with Crippen LogP contribution in [0.15, 0.2) is 0 Å². The molecule has 0 aliphatic carbocycles. The van der Waals surface area contributed by atoms with Gasteiger partial charge >= 0.3 is 12.1 Å². The lowest BCUT2D eigenvalue weighted by Gasteiger charge is -2.55. The molecule has 0 radical (unpaired) electrons. The number of amides is 1. The van der Waals surface area contributed by atoms with Crippen LogP contribution in [0.25, 0.3) is 0 Å². The van der Waals surface area contributed by atoms with Gasteiger partial charge in [0.2, 0.25) is 0 Å². The number of hydrogen-bond acceptors (Lipinski definition) is 5. The molecule has 0 aromatic rings. The number of ether oxygens (including phenoxy) is 1. The molecule has 0 saturated carbocycles. The van der Waals surface area contributed by atoms with Crippen LogP contribution >= 0.6 is 0 Å².